The zero-order valence-electron chi connectivity index (χ0n) is 10.7. The fourth-order valence-electron chi connectivity index (χ4n) is 2.15. The number of aromatic nitrogens is 2. The normalized spacial score (nSPS) is 20.5. The maximum Gasteiger partial charge on any atom is 0.148 e. The van der Waals surface area contributed by atoms with Crippen LogP contribution in [0.15, 0.2) is 12.1 Å². The van der Waals surface area contributed by atoms with Gasteiger partial charge >= 0.3 is 0 Å². The van der Waals surface area contributed by atoms with E-state index in [0.29, 0.717) is 12.0 Å². The molecule has 0 radical (unpaired) electrons. The van der Waals surface area contributed by atoms with Crippen molar-refractivity contribution in [3.8, 4) is 0 Å². The maximum absolute atomic E-state index is 4.25. The predicted octanol–water partition coefficient (Wildman–Crippen LogP) is 1.84. The van der Waals surface area contributed by atoms with Crippen molar-refractivity contribution < 1.29 is 0 Å². The predicted molar refractivity (Wildman–Crippen MR) is 70.1 cm³/mol. The molecule has 2 rings (SSSR count). The van der Waals surface area contributed by atoms with Gasteiger partial charge in [-0.1, -0.05) is 13.8 Å². The Morgan fingerprint density at radius 2 is 2.29 bits per heavy atom. The summed E-state index contributed by atoms with van der Waals surface area (Å²) >= 11 is 0. The third-order valence-corrected chi connectivity index (χ3v) is 2.99. The Labute approximate surface area is 103 Å². The Bertz CT molecular complexity index is 328. The van der Waals surface area contributed by atoms with Crippen molar-refractivity contribution in [2.75, 3.05) is 18.4 Å². The van der Waals surface area contributed by atoms with Gasteiger partial charge in [-0.05, 0) is 43.9 Å². The topological polar surface area (TPSA) is 49.8 Å². The molecule has 0 aliphatic carbocycles. The Kier molecular flexibility index (Phi) is 4.31. The number of nitrogens with zero attached hydrogens (tertiary/aromatic N) is 2. The largest absolute Gasteiger partial charge is 0.365 e. The first-order valence-electron chi connectivity index (χ1n) is 6.54. The van der Waals surface area contributed by atoms with Gasteiger partial charge in [0, 0.05) is 12.6 Å². The van der Waals surface area contributed by atoms with Gasteiger partial charge in [-0.25, -0.2) is 0 Å². The summed E-state index contributed by atoms with van der Waals surface area (Å²) in [6.07, 6.45) is 3.44. The average molecular weight is 234 g/mol. The lowest BCUT2D eigenvalue weighted by Gasteiger charge is -2.24. The van der Waals surface area contributed by atoms with Gasteiger partial charge in [0.2, 0.25) is 0 Å². The quantitative estimate of drug-likeness (QED) is 0.834. The molecule has 0 amide bonds. The van der Waals surface area contributed by atoms with E-state index in [-0.39, 0.29) is 0 Å². The molecule has 1 aliphatic rings. The highest BCUT2D eigenvalue weighted by Crippen LogP contribution is 2.11. The average Bonchev–Trinajstić information content (AvgIpc) is 2.32. The van der Waals surface area contributed by atoms with Crippen LogP contribution in [0.1, 0.15) is 32.4 Å². The molecule has 2 heterocycles. The third-order valence-electron chi connectivity index (χ3n) is 2.99. The lowest BCUT2D eigenvalue weighted by Crippen LogP contribution is -2.38. The minimum absolute atomic E-state index is 0.494. The van der Waals surface area contributed by atoms with Crippen LogP contribution < -0.4 is 10.6 Å². The van der Waals surface area contributed by atoms with E-state index in [1.54, 1.807) is 0 Å². The van der Waals surface area contributed by atoms with Crippen LogP contribution in [-0.2, 0) is 6.42 Å². The minimum Gasteiger partial charge on any atom is -0.365 e. The molecule has 1 unspecified atom stereocenters. The zero-order chi connectivity index (χ0) is 12.1. The van der Waals surface area contributed by atoms with Crippen LogP contribution in [0, 0.1) is 5.92 Å². The van der Waals surface area contributed by atoms with Crippen molar-refractivity contribution >= 4 is 5.82 Å². The van der Waals surface area contributed by atoms with Gasteiger partial charge in [0.25, 0.3) is 0 Å². The molecule has 1 atom stereocenters. The highest BCUT2D eigenvalue weighted by molar-refractivity contribution is 5.34. The summed E-state index contributed by atoms with van der Waals surface area (Å²) < 4.78 is 0. The first-order chi connectivity index (χ1) is 8.24. The van der Waals surface area contributed by atoms with Crippen LogP contribution in [0.2, 0.25) is 0 Å². The molecule has 0 aromatic carbocycles. The second kappa shape index (κ2) is 5.96. The summed E-state index contributed by atoms with van der Waals surface area (Å²) in [6, 6.07) is 4.61. The molecule has 1 aromatic heterocycles. The molecular weight excluding hydrogens is 212 g/mol. The summed E-state index contributed by atoms with van der Waals surface area (Å²) in [5, 5.41) is 15.3. The van der Waals surface area contributed by atoms with Crippen molar-refractivity contribution in [2.24, 2.45) is 5.92 Å². The van der Waals surface area contributed by atoms with Crippen LogP contribution in [0.4, 0.5) is 5.82 Å². The van der Waals surface area contributed by atoms with Gasteiger partial charge < -0.3 is 10.6 Å². The van der Waals surface area contributed by atoms with Gasteiger partial charge in [-0.2, -0.15) is 5.10 Å². The molecule has 1 fully saturated rings. The van der Waals surface area contributed by atoms with Gasteiger partial charge in [0.15, 0.2) is 0 Å². The standard InChI is InChI=1S/C13H22N4/c1-10(2)8-11-5-6-13(17-16-11)15-12-4-3-7-14-9-12/h5-6,10,12,14H,3-4,7-9H2,1-2H3,(H,15,17). The van der Waals surface area contributed by atoms with Gasteiger partial charge in [-0.3, -0.25) is 0 Å². The number of hydrogen-bond acceptors (Lipinski definition) is 4. The van der Waals surface area contributed by atoms with Crippen LogP contribution in [0.3, 0.4) is 0 Å². The van der Waals surface area contributed by atoms with Gasteiger partial charge in [-0.15, -0.1) is 5.10 Å². The molecule has 4 nitrogen and oxygen atoms in total. The Hall–Kier alpha value is -1.16. The highest BCUT2D eigenvalue weighted by atomic mass is 15.2. The van der Waals surface area contributed by atoms with Crippen molar-refractivity contribution in [3.63, 3.8) is 0 Å². The van der Waals surface area contributed by atoms with Crippen molar-refractivity contribution in [2.45, 2.75) is 39.2 Å². The Morgan fingerprint density at radius 3 is 2.88 bits per heavy atom. The molecule has 4 heteroatoms. The maximum atomic E-state index is 4.25. The molecule has 1 saturated heterocycles. The lowest BCUT2D eigenvalue weighted by molar-refractivity contribution is 0.478. The molecular formula is C13H22N4. The SMILES string of the molecule is CC(C)Cc1ccc(NC2CCCNC2)nn1. The Morgan fingerprint density at radius 1 is 1.41 bits per heavy atom. The van der Waals surface area contributed by atoms with E-state index < -0.39 is 0 Å². The fraction of sp³-hybridized carbons (Fsp3) is 0.692. The summed E-state index contributed by atoms with van der Waals surface area (Å²) in [5.41, 5.74) is 1.08. The number of nitrogens with one attached hydrogen (secondary N) is 2. The molecule has 0 bridgehead atoms. The lowest BCUT2D eigenvalue weighted by atomic mass is 10.1. The van der Waals surface area contributed by atoms with Crippen LogP contribution >= 0.6 is 0 Å². The molecule has 1 aromatic rings. The van der Waals surface area contributed by atoms with Crippen LogP contribution in [-0.4, -0.2) is 29.3 Å². The minimum atomic E-state index is 0.494. The highest BCUT2D eigenvalue weighted by Gasteiger charge is 2.12. The molecule has 0 spiro atoms. The zero-order valence-corrected chi connectivity index (χ0v) is 10.7. The van der Waals surface area contributed by atoms with E-state index in [1.165, 1.54) is 12.8 Å². The second-order valence-electron chi connectivity index (χ2n) is 5.20. The van der Waals surface area contributed by atoms with Crippen LogP contribution in [0.25, 0.3) is 0 Å². The smallest absolute Gasteiger partial charge is 0.148 e. The molecule has 1 aliphatic heterocycles. The van der Waals surface area contributed by atoms with E-state index in [4.69, 9.17) is 0 Å². The Balaban J connectivity index is 1.88. The third kappa shape index (κ3) is 3.97. The number of anilines is 1. The summed E-state index contributed by atoms with van der Waals surface area (Å²) in [6.45, 7) is 6.55. The summed E-state index contributed by atoms with van der Waals surface area (Å²) in [7, 11) is 0. The van der Waals surface area contributed by atoms with Gasteiger partial charge in [0.05, 0.1) is 5.69 Å². The van der Waals surface area contributed by atoms with E-state index in [1.807, 2.05) is 6.07 Å². The van der Waals surface area contributed by atoms with E-state index in [9.17, 15) is 0 Å². The fourth-order valence-corrected chi connectivity index (χ4v) is 2.15. The number of rotatable bonds is 4. The molecule has 17 heavy (non-hydrogen) atoms. The van der Waals surface area contributed by atoms with Gasteiger partial charge in [0.1, 0.15) is 5.82 Å². The van der Waals surface area contributed by atoms with Crippen molar-refractivity contribution in [1.82, 2.24) is 15.5 Å². The molecule has 94 valence electrons. The van der Waals surface area contributed by atoms with Crippen LogP contribution in [0.5, 0.6) is 0 Å². The van der Waals surface area contributed by atoms with Crippen molar-refractivity contribution in [1.29, 1.82) is 0 Å². The summed E-state index contributed by atoms with van der Waals surface area (Å²) in [4.78, 5) is 0. The molecule has 0 saturated carbocycles. The van der Waals surface area contributed by atoms with E-state index in [0.717, 1.165) is 31.0 Å². The van der Waals surface area contributed by atoms with E-state index >= 15 is 0 Å². The monoisotopic (exact) mass is 234 g/mol. The van der Waals surface area contributed by atoms with E-state index in [2.05, 4.69) is 40.7 Å². The molecule has 2 N–H and O–H groups in total. The first-order valence-corrected chi connectivity index (χ1v) is 6.54. The van der Waals surface area contributed by atoms with Crippen molar-refractivity contribution in [3.05, 3.63) is 17.8 Å². The number of hydrogen-bond donors (Lipinski definition) is 2. The number of piperidine rings is 1. The second-order valence-corrected chi connectivity index (χ2v) is 5.20. The first kappa shape index (κ1) is 12.3. The summed E-state index contributed by atoms with van der Waals surface area (Å²) in [5.74, 6) is 1.52.